The number of benzene rings is 1. The Labute approximate surface area is 159 Å². The first-order valence-electron chi connectivity index (χ1n) is 9.46. The molecule has 0 amide bonds. The number of carboxylic acid groups (broad SMARTS) is 1. The smallest absolute Gasteiger partial charge is 0.339 e. The zero-order valence-electron chi connectivity index (χ0n) is 15.9. The van der Waals surface area contributed by atoms with Crippen LogP contribution in [-0.2, 0) is 18.4 Å². The summed E-state index contributed by atoms with van der Waals surface area (Å²) in [6.07, 6.45) is 6.46. The Bertz CT molecular complexity index is 879. The lowest BCUT2D eigenvalue weighted by atomic mass is 9.77. The lowest BCUT2D eigenvalue weighted by Crippen LogP contribution is -2.45. The minimum Gasteiger partial charge on any atom is -0.496 e. The number of aryl methyl sites for hydroxylation is 2. The molecule has 4 rings (SSSR count). The number of piperidine rings is 1. The predicted molar refractivity (Wildman–Crippen MR) is 101 cm³/mol. The Morgan fingerprint density at radius 2 is 2.22 bits per heavy atom. The molecular formula is C21H25N3O3. The number of nitrogens with zero attached hydrogens (tertiary/aromatic N) is 3. The number of aromatic nitrogens is 2. The summed E-state index contributed by atoms with van der Waals surface area (Å²) in [7, 11) is 1.50. The summed E-state index contributed by atoms with van der Waals surface area (Å²) in [5.74, 6) is 0.285. The number of rotatable bonds is 4. The maximum absolute atomic E-state index is 11.5. The van der Waals surface area contributed by atoms with E-state index in [1.165, 1.54) is 18.4 Å². The van der Waals surface area contributed by atoms with Crippen LogP contribution in [0.25, 0.3) is 0 Å². The number of hydrogen-bond donors (Lipinski definition) is 1. The molecule has 1 unspecified atom stereocenters. The van der Waals surface area contributed by atoms with Gasteiger partial charge < -0.3 is 9.84 Å². The van der Waals surface area contributed by atoms with Crippen LogP contribution in [0.1, 0.15) is 52.3 Å². The van der Waals surface area contributed by atoms with Crippen molar-refractivity contribution in [3.8, 4) is 5.75 Å². The lowest BCUT2D eigenvalue weighted by Gasteiger charge is -2.40. The van der Waals surface area contributed by atoms with Crippen molar-refractivity contribution in [3.05, 3.63) is 52.6 Å². The van der Waals surface area contributed by atoms with Gasteiger partial charge in [0, 0.05) is 24.7 Å². The number of methoxy groups -OCH3 is 1. The average molecular weight is 367 g/mol. The molecule has 1 N–H and O–H groups in total. The van der Waals surface area contributed by atoms with Gasteiger partial charge in [0.05, 0.1) is 12.8 Å². The average Bonchev–Trinajstić information content (AvgIpc) is 2.99. The zero-order valence-corrected chi connectivity index (χ0v) is 15.9. The van der Waals surface area contributed by atoms with E-state index >= 15 is 0 Å². The molecule has 1 aliphatic heterocycles. The summed E-state index contributed by atoms with van der Waals surface area (Å²) in [6.45, 7) is 4.68. The molecule has 1 fully saturated rings. The quantitative estimate of drug-likeness (QED) is 0.895. The first-order chi connectivity index (χ1) is 13.0. The van der Waals surface area contributed by atoms with Crippen molar-refractivity contribution < 1.29 is 14.6 Å². The van der Waals surface area contributed by atoms with E-state index in [0.717, 1.165) is 56.7 Å². The Kier molecular flexibility index (Phi) is 4.60. The molecular weight excluding hydrogens is 342 g/mol. The maximum Gasteiger partial charge on any atom is 0.339 e. The molecule has 2 heterocycles. The van der Waals surface area contributed by atoms with Crippen LogP contribution >= 0.6 is 0 Å². The first-order valence-corrected chi connectivity index (χ1v) is 9.46. The predicted octanol–water partition coefficient (Wildman–Crippen LogP) is 2.97. The second-order valence-corrected chi connectivity index (χ2v) is 7.73. The Balaban J connectivity index is 1.56. The molecule has 1 atom stereocenters. The molecule has 6 heteroatoms. The van der Waals surface area contributed by atoms with Crippen LogP contribution < -0.4 is 4.74 Å². The summed E-state index contributed by atoms with van der Waals surface area (Å²) in [5, 5.41) is 9.42. The van der Waals surface area contributed by atoms with E-state index in [9.17, 15) is 9.90 Å². The minimum atomic E-state index is -0.958. The van der Waals surface area contributed by atoms with Crippen LogP contribution in [0.3, 0.4) is 0 Å². The monoisotopic (exact) mass is 367 g/mol. The Morgan fingerprint density at radius 3 is 3.00 bits per heavy atom. The fourth-order valence-electron chi connectivity index (χ4n) is 4.67. The topological polar surface area (TPSA) is 75.5 Å². The minimum absolute atomic E-state index is 0.114. The van der Waals surface area contributed by atoms with Gasteiger partial charge in [-0.2, -0.15) is 0 Å². The van der Waals surface area contributed by atoms with Gasteiger partial charge in [0.25, 0.3) is 0 Å². The number of fused-ring (bicyclic) bond motifs is 2. The van der Waals surface area contributed by atoms with E-state index in [4.69, 9.17) is 9.72 Å². The molecule has 27 heavy (non-hydrogen) atoms. The molecule has 0 saturated carbocycles. The van der Waals surface area contributed by atoms with E-state index < -0.39 is 5.97 Å². The van der Waals surface area contributed by atoms with Crippen LogP contribution in [0.2, 0.25) is 0 Å². The summed E-state index contributed by atoms with van der Waals surface area (Å²) >= 11 is 0. The molecule has 0 radical (unpaired) electrons. The molecule has 2 aliphatic rings. The molecule has 1 saturated heterocycles. The van der Waals surface area contributed by atoms with E-state index in [1.54, 1.807) is 12.1 Å². The fraction of sp³-hybridized carbons (Fsp3) is 0.476. The van der Waals surface area contributed by atoms with Crippen molar-refractivity contribution in [3.63, 3.8) is 0 Å². The largest absolute Gasteiger partial charge is 0.496 e. The molecule has 6 nitrogen and oxygen atoms in total. The highest BCUT2D eigenvalue weighted by Gasteiger charge is 2.43. The first kappa shape index (κ1) is 17.9. The second kappa shape index (κ2) is 6.93. The highest BCUT2D eigenvalue weighted by atomic mass is 16.5. The normalized spacial score (nSPS) is 22.0. The van der Waals surface area contributed by atoms with E-state index in [0.29, 0.717) is 5.75 Å². The molecule has 2 aromatic rings. The van der Waals surface area contributed by atoms with Gasteiger partial charge in [0.15, 0.2) is 0 Å². The van der Waals surface area contributed by atoms with E-state index in [2.05, 4.69) is 9.88 Å². The highest BCUT2D eigenvalue weighted by Crippen LogP contribution is 2.44. The van der Waals surface area contributed by atoms with E-state index in [-0.39, 0.29) is 11.0 Å². The summed E-state index contributed by atoms with van der Waals surface area (Å²) in [6, 6.07) is 5.44. The van der Waals surface area contributed by atoms with Gasteiger partial charge in [-0.15, -0.1) is 0 Å². The Morgan fingerprint density at radius 1 is 1.37 bits per heavy atom. The van der Waals surface area contributed by atoms with Crippen LogP contribution in [0, 0.1) is 6.92 Å². The number of carboxylic acids is 1. The number of ether oxygens (including phenoxy) is 1. The van der Waals surface area contributed by atoms with Gasteiger partial charge in [-0.1, -0.05) is 6.07 Å². The number of likely N-dealkylation sites (tertiary alicyclic amines) is 1. The maximum atomic E-state index is 11.5. The van der Waals surface area contributed by atoms with Crippen LogP contribution in [0.15, 0.2) is 24.4 Å². The summed E-state index contributed by atoms with van der Waals surface area (Å²) in [4.78, 5) is 23.1. The third-order valence-corrected chi connectivity index (χ3v) is 5.92. The number of hydrogen-bond acceptors (Lipinski definition) is 5. The van der Waals surface area contributed by atoms with E-state index in [1.807, 2.05) is 19.2 Å². The molecule has 142 valence electrons. The fourth-order valence-corrected chi connectivity index (χ4v) is 4.67. The van der Waals surface area contributed by atoms with Crippen LogP contribution in [-0.4, -0.2) is 46.1 Å². The summed E-state index contributed by atoms with van der Waals surface area (Å²) in [5.41, 5.74) is 3.86. The van der Waals surface area contributed by atoms with Crippen molar-refractivity contribution >= 4 is 5.97 Å². The van der Waals surface area contributed by atoms with Crippen molar-refractivity contribution in [2.24, 2.45) is 0 Å². The second-order valence-electron chi connectivity index (χ2n) is 7.73. The third-order valence-electron chi connectivity index (χ3n) is 5.92. The number of aromatic carboxylic acids is 1. The molecule has 0 bridgehead atoms. The highest BCUT2D eigenvalue weighted by molar-refractivity contribution is 5.91. The zero-order chi connectivity index (χ0) is 19.0. The molecule has 1 aromatic carbocycles. The van der Waals surface area contributed by atoms with Crippen LogP contribution in [0.5, 0.6) is 5.75 Å². The van der Waals surface area contributed by atoms with Crippen molar-refractivity contribution in [1.82, 2.24) is 14.9 Å². The molecule has 1 spiro atoms. The molecule has 1 aromatic heterocycles. The van der Waals surface area contributed by atoms with Crippen molar-refractivity contribution in [2.75, 3.05) is 20.2 Å². The lowest BCUT2D eigenvalue weighted by molar-refractivity contribution is 0.0693. The van der Waals surface area contributed by atoms with Gasteiger partial charge in [0.2, 0.25) is 0 Å². The van der Waals surface area contributed by atoms with Crippen molar-refractivity contribution in [2.45, 2.75) is 44.6 Å². The SMILES string of the molecule is COc1ccc(CN2CCCC3(CCc4cnc(C)nc43)C2)cc1C(=O)O. The molecule has 1 aliphatic carbocycles. The number of carbonyl (C=O) groups is 1. The van der Waals surface area contributed by atoms with Gasteiger partial charge >= 0.3 is 5.97 Å². The third kappa shape index (κ3) is 3.30. The Hall–Kier alpha value is -2.47. The van der Waals surface area contributed by atoms with Gasteiger partial charge in [0.1, 0.15) is 17.1 Å². The standard InChI is InChI=1S/C21H25N3O3/c1-14-22-11-16-6-8-21(19(16)23-14)7-3-9-24(13-21)12-15-4-5-18(27-2)17(10-15)20(25)26/h4-5,10-11H,3,6-9,12-13H2,1-2H3,(H,25,26). The summed E-state index contributed by atoms with van der Waals surface area (Å²) < 4.78 is 5.17. The van der Waals surface area contributed by atoms with Gasteiger partial charge in [-0.05, 0) is 62.4 Å². The van der Waals surface area contributed by atoms with Gasteiger partial charge in [-0.3, -0.25) is 4.90 Å². The van der Waals surface area contributed by atoms with Gasteiger partial charge in [-0.25, -0.2) is 14.8 Å². The van der Waals surface area contributed by atoms with Crippen LogP contribution in [0.4, 0.5) is 0 Å². The van der Waals surface area contributed by atoms with Crippen molar-refractivity contribution in [1.29, 1.82) is 0 Å².